The van der Waals surface area contributed by atoms with Gasteiger partial charge in [0.1, 0.15) is 17.5 Å². The molecule has 1 aliphatic heterocycles. The molecule has 1 atom stereocenters. The highest BCUT2D eigenvalue weighted by atomic mass is 19.1. The second-order valence-corrected chi connectivity index (χ2v) is 8.19. The summed E-state index contributed by atoms with van der Waals surface area (Å²) in [5, 5.41) is 12.8. The fourth-order valence-corrected chi connectivity index (χ4v) is 3.57. The van der Waals surface area contributed by atoms with Crippen LogP contribution in [0.3, 0.4) is 0 Å². The summed E-state index contributed by atoms with van der Waals surface area (Å²) in [6, 6.07) is 6.20. The van der Waals surface area contributed by atoms with E-state index in [4.69, 9.17) is 4.74 Å². The number of nitrogens with zero attached hydrogens (tertiary/aromatic N) is 3. The van der Waals surface area contributed by atoms with Crippen LogP contribution in [-0.4, -0.2) is 72.4 Å². The van der Waals surface area contributed by atoms with E-state index in [9.17, 15) is 18.7 Å². The first-order valence-electron chi connectivity index (χ1n) is 10.8. The standard InChI is InChI=1S/C23H30F2N4O3/c1-16(2)32-15-21(30)14-28-6-3-7-29(9-8-28)22-5-4-20(13-26-22)27-23(31)17-10-18(24)12-19(25)11-17/h4-5,10-13,16,21,30H,3,6-9,14-15H2,1-2H3,(H,27,31)/t21-/m1/s1. The van der Waals surface area contributed by atoms with Gasteiger partial charge in [-0.15, -0.1) is 0 Å². The van der Waals surface area contributed by atoms with Gasteiger partial charge in [-0.3, -0.25) is 9.69 Å². The Hall–Kier alpha value is -2.62. The molecule has 0 aliphatic carbocycles. The number of carbonyl (C=O) groups excluding carboxylic acids is 1. The van der Waals surface area contributed by atoms with Crippen molar-refractivity contribution in [3.05, 3.63) is 53.7 Å². The number of halogens is 2. The highest BCUT2D eigenvalue weighted by Crippen LogP contribution is 2.18. The van der Waals surface area contributed by atoms with E-state index < -0.39 is 23.6 Å². The molecule has 1 aliphatic rings. The Morgan fingerprint density at radius 3 is 2.56 bits per heavy atom. The van der Waals surface area contributed by atoms with E-state index in [1.165, 1.54) is 6.20 Å². The van der Waals surface area contributed by atoms with E-state index >= 15 is 0 Å². The number of hydrogen-bond acceptors (Lipinski definition) is 6. The van der Waals surface area contributed by atoms with Crippen molar-refractivity contribution in [2.45, 2.75) is 32.5 Å². The second-order valence-electron chi connectivity index (χ2n) is 8.19. The van der Waals surface area contributed by atoms with Gasteiger partial charge in [0.05, 0.1) is 30.7 Å². The second kappa shape index (κ2) is 11.3. The minimum atomic E-state index is -0.807. The molecule has 9 heteroatoms. The zero-order valence-corrected chi connectivity index (χ0v) is 18.4. The first-order valence-corrected chi connectivity index (χ1v) is 10.8. The first-order chi connectivity index (χ1) is 15.3. The first kappa shape index (κ1) is 24.0. The number of ether oxygens (including phenoxy) is 1. The van der Waals surface area contributed by atoms with Crippen molar-refractivity contribution in [1.29, 1.82) is 0 Å². The van der Waals surface area contributed by atoms with Crippen LogP contribution in [0.4, 0.5) is 20.3 Å². The molecule has 0 unspecified atom stereocenters. The summed E-state index contributed by atoms with van der Waals surface area (Å²) in [5.41, 5.74) is 0.341. The summed E-state index contributed by atoms with van der Waals surface area (Å²) in [7, 11) is 0. The van der Waals surface area contributed by atoms with Crippen LogP contribution in [-0.2, 0) is 4.74 Å². The monoisotopic (exact) mass is 448 g/mol. The number of hydrogen-bond donors (Lipinski definition) is 2. The summed E-state index contributed by atoms with van der Waals surface area (Å²) in [6.45, 7) is 8.06. The van der Waals surface area contributed by atoms with E-state index in [0.717, 1.165) is 56.6 Å². The van der Waals surface area contributed by atoms with Crippen molar-refractivity contribution >= 4 is 17.4 Å². The number of aliphatic hydroxyl groups excluding tert-OH is 1. The summed E-state index contributed by atoms with van der Waals surface area (Å²) >= 11 is 0. The molecular weight excluding hydrogens is 418 g/mol. The predicted molar refractivity (Wildman–Crippen MR) is 119 cm³/mol. The van der Waals surface area contributed by atoms with Crippen molar-refractivity contribution in [3.8, 4) is 0 Å². The van der Waals surface area contributed by atoms with Gasteiger partial charge in [-0.2, -0.15) is 0 Å². The van der Waals surface area contributed by atoms with Gasteiger partial charge in [-0.05, 0) is 51.1 Å². The number of aliphatic hydroxyl groups is 1. The molecular formula is C23H30F2N4O3. The molecule has 2 heterocycles. The number of carbonyl (C=O) groups is 1. The smallest absolute Gasteiger partial charge is 0.255 e. The molecule has 2 N–H and O–H groups in total. The third-order valence-electron chi connectivity index (χ3n) is 5.13. The van der Waals surface area contributed by atoms with Crippen LogP contribution in [0.25, 0.3) is 0 Å². The van der Waals surface area contributed by atoms with Gasteiger partial charge >= 0.3 is 0 Å². The third-order valence-corrected chi connectivity index (χ3v) is 5.13. The van der Waals surface area contributed by atoms with E-state index in [0.29, 0.717) is 18.8 Å². The van der Waals surface area contributed by atoms with Gasteiger partial charge in [0.2, 0.25) is 0 Å². The van der Waals surface area contributed by atoms with Crippen LogP contribution >= 0.6 is 0 Å². The molecule has 3 rings (SSSR count). The van der Waals surface area contributed by atoms with Crippen molar-refractivity contribution in [3.63, 3.8) is 0 Å². The van der Waals surface area contributed by atoms with Crippen molar-refractivity contribution in [1.82, 2.24) is 9.88 Å². The van der Waals surface area contributed by atoms with Crippen LogP contribution in [0, 0.1) is 11.6 Å². The largest absolute Gasteiger partial charge is 0.389 e. The summed E-state index contributed by atoms with van der Waals surface area (Å²) in [6.07, 6.45) is 2.04. The molecule has 1 saturated heterocycles. The summed E-state index contributed by atoms with van der Waals surface area (Å²) in [4.78, 5) is 21.1. The summed E-state index contributed by atoms with van der Waals surface area (Å²) in [5.74, 6) is -1.44. The zero-order chi connectivity index (χ0) is 23.1. The zero-order valence-electron chi connectivity index (χ0n) is 18.4. The molecule has 0 saturated carbocycles. The number of β-amino-alcohol motifs (C(OH)–C–C–N with tert-alkyl or cyclic N) is 1. The van der Waals surface area contributed by atoms with Gasteiger partial charge in [-0.1, -0.05) is 0 Å². The fraction of sp³-hybridized carbons (Fsp3) is 0.478. The highest BCUT2D eigenvalue weighted by Gasteiger charge is 2.19. The van der Waals surface area contributed by atoms with Crippen LogP contribution in [0.5, 0.6) is 0 Å². The fourth-order valence-electron chi connectivity index (χ4n) is 3.57. The van der Waals surface area contributed by atoms with Crippen molar-refractivity contribution in [2.75, 3.05) is 49.5 Å². The molecule has 1 aromatic heterocycles. The minimum Gasteiger partial charge on any atom is -0.389 e. The lowest BCUT2D eigenvalue weighted by atomic mass is 10.2. The molecule has 1 amide bonds. The number of amides is 1. The Morgan fingerprint density at radius 1 is 1.16 bits per heavy atom. The number of benzene rings is 1. The van der Waals surface area contributed by atoms with Gasteiger partial charge in [-0.25, -0.2) is 13.8 Å². The molecule has 0 spiro atoms. The van der Waals surface area contributed by atoms with Crippen molar-refractivity contribution in [2.24, 2.45) is 0 Å². The Kier molecular flexibility index (Phi) is 8.49. The maximum Gasteiger partial charge on any atom is 0.255 e. The third kappa shape index (κ3) is 7.22. The van der Waals surface area contributed by atoms with E-state index in [-0.39, 0.29) is 11.7 Å². The molecule has 174 valence electrons. The number of anilines is 2. The van der Waals surface area contributed by atoms with Crippen LogP contribution in [0.2, 0.25) is 0 Å². The van der Waals surface area contributed by atoms with E-state index in [1.54, 1.807) is 6.07 Å². The van der Waals surface area contributed by atoms with Crippen LogP contribution < -0.4 is 10.2 Å². The van der Waals surface area contributed by atoms with E-state index in [1.807, 2.05) is 19.9 Å². The van der Waals surface area contributed by atoms with Gasteiger partial charge in [0.25, 0.3) is 5.91 Å². The number of rotatable bonds is 8. The Bertz CT molecular complexity index is 875. The average Bonchev–Trinajstić information content (AvgIpc) is 2.97. The number of aromatic nitrogens is 1. The number of pyridine rings is 1. The van der Waals surface area contributed by atoms with Gasteiger partial charge < -0.3 is 20.1 Å². The average molecular weight is 449 g/mol. The van der Waals surface area contributed by atoms with Crippen LogP contribution in [0.1, 0.15) is 30.6 Å². The molecule has 0 radical (unpaired) electrons. The Labute approximate surface area is 187 Å². The SMILES string of the molecule is CC(C)OC[C@H](O)CN1CCCN(c2ccc(NC(=O)c3cc(F)cc(F)c3)cn2)CC1. The highest BCUT2D eigenvalue weighted by molar-refractivity contribution is 6.04. The molecule has 2 aromatic rings. The normalized spacial score (nSPS) is 16.1. The minimum absolute atomic E-state index is 0.0955. The Balaban J connectivity index is 1.52. The van der Waals surface area contributed by atoms with Gasteiger partial charge in [0, 0.05) is 37.8 Å². The lowest BCUT2D eigenvalue weighted by Gasteiger charge is -2.24. The molecule has 0 bridgehead atoms. The van der Waals surface area contributed by atoms with Crippen LogP contribution in [0.15, 0.2) is 36.5 Å². The molecule has 7 nitrogen and oxygen atoms in total. The summed E-state index contributed by atoms with van der Waals surface area (Å²) < 4.78 is 32.1. The molecule has 32 heavy (non-hydrogen) atoms. The van der Waals surface area contributed by atoms with E-state index in [2.05, 4.69) is 20.1 Å². The quantitative estimate of drug-likeness (QED) is 0.647. The maximum absolute atomic E-state index is 13.3. The maximum atomic E-state index is 13.3. The lowest BCUT2D eigenvalue weighted by Crippen LogP contribution is -2.38. The van der Waals surface area contributed by atoms with Crippen molar-refractivity contribution < 1.29 is 23.4 Å². The van der Waals surface area contributed by atoms with Gasteiger partial charge in [0.15, 0.2) is 0 Å². The number of nitrogens with one attached hydrogen (secondary N) is 1. The predicted octanol–water partition coefficient (Wildman–Crippen LogP) is 2.91. The molecule has 1 fully saturated rings. The topological polar surface area (TPSA) is 77.9 Å². The lowest BCUT2D eigenvalue weighted by molar-refractivity contribution is -0.00766. The molecule has 1 aromatic carbocycles. The Morgan fingerprint density at radius 2 is 1.91 bits per heavy atom.